The number of thiazole rings is 1. The highest BCUT2D eigenvalue weighted by Crippen LogP contribution is 2.35. The molecule has 6 nitrogen and oxygen atoms in total. The quantitative estimate of drug-likeness (QED) is 0.489. The molecule has 7 heteroatoms. The Labute approximate surface area is 183 Å². The van der Waals surface area contributed by atoms with Crippen LogP contribution in [0, 0.1) is 0 Å². The van der Waals surface area contributed by atoms with Gasteiger partial charge in [-0.05, 0) is 24.0 Å². The first-order valence-electron chi connectivity index (χ1n) is 10.3. The summed E-state index contributed by atoms with van der Waals surface area (Å²) < 4.78 is 1.70. The zero-order chi connectivity index (χ0) is 21.9. The summed E-state index contributed by atoms with van der Waals surface area (Å²) >= 11 is 1.22. The van der Waals surface area contributed by atoms with Crippen molar-refractivity contribution in [1.29, 1.82) is 0 Å². The van der Waals surface area contributed by atoms with Crippen LogP contribution in [0.25, 0.3) is 21.9 Å². The van der Waals surface area contributed by atoms with Gasteiger partial charge in [0.05, 0.1) is 11.3 Å². The fourth-order valence-electron chi connectivity index (χ4n) is 3.94. The van der Waals surface area contributed by atoms with E-state index in [1.165, 1.54) is 21.4 Å². The number of benzene rings is 2. The van der Waals surface area contributed by atoms with Gasteiger partial charge in [-0.15, -0.1) is 5.10 Å². The molecule has 3 heterocycles. The number of likely N-dealkylation sites (N-methyl/N-ethyl adjacent to an activating group) is 1. The lowest BCUT2D eigenvalue weighted by Crippen LogP contribution is -2.32. The van der Waals surface area contributed by atoms with Crippen molar-refractivity contribution in [3.05, 3.63) is 74.5 Å². The van der Waals surface area contributed by atoms with Crippen molar-refractivity contribution in [2.45, 2.75) is 33.1 Å². The summed E-state index contributed by atoms with van der Waals surface area (Å²) in [4.78, 5) is 33.0. The van der Waals surface area contributed by atoms with Crippen LogP contribution in [-0.4, -0.2) is 27.0 Å². The number of carbonyl (C=O) groups is 1. The molecule has 1 amide bonds. The Bertz CT molecular complexity index is 1440. The Hall–Kier alpha value is -3.32. The lowest BCUT2D eigenvalue weighted by Gasteiger charge is -2.18. The van der Waals surface area contributed by atoms with Gasteiger partial charge < -0.3 is 4.90 Å². The van der Waals surface area contributed by atoms with Gasteiger partial charge in [0.2, 0.25) is 4.96 Å². The van der Waals surface area contributed by atoms with Crippen molar-refractivity contribution in [2.75, 3.05) is 11.4 Å². The van der Waals surface area contributed by atoms with Gasteiger partial charge in [0, 0.05) is 17.7 Å². The molecule has 0 saturated heterocycles. The third-order valence-electron chi connectivity index (χ3n) is 5.63. The number of fused-ring (bicyclic) bond motifs is 2. The number of rotatable bonds is 2. The number of hydrogen-bond donors (Lipinski definition) is 0. The molecule has 0 N–H and O–H groups in total. The fourth-order valence-corrected chi connectivity index (χ4v) is 4.94. The molecule has 0 saturated carbocycles. The van der Waals surface area contributed by atoms with E-state index in [1.54, 1.807) is 4.90 Å². The third kappa shape index (κ3) is 2.99. The first-order chi connectivity index (χ1) is 14.8. The minimum absolute atomic E-state index is 0.0608. The van der Waals surface area contributed by atoms with Crippen molar-refractivity contribution in [3.8, 4) is 11.4 Å². The van der Waals surface area contributed by atoms with Crippen LogP contribution in [-0.2, 0) is 10.2 Å². The van der Waals surface area contributed by atoms with Crippen LogP contribution in [0.2, 0.25) is 0 Å². The van der Waals surface area contributed by atoms with Crippen LogP contribution < -0.4 is 15.0 Å². The number of amides is 1. The number of para-hydroxylation sites is 1. The zero-order valence-electron chi connectivity index (χ0n) is 17.8. The normalized spacial score (nSPS) is 15.7. The van der Waals surface area contributed by atoms with Gasteiger partial charge >= 0.3 is 0 Å². The molecule has 2 aromatic heterocycles. The number of hydrogen-bond acceptors (Lipinski definition) is 5. The van der Waals surface area contributed by atoms with Gasteiger partial charge in [0.25, 0.3) is 11.5 Å². The second kappa shape index (κ2) is 6.85. The highest BCUT2D eigenvalue weighted by Gasteiger charge is 2.33. The molecule has 0 spiro atoms. The Kier molecular flexibility index (Phi) is 4.34. The third-order valence-corrected chi connectivity index (χ3v) is 6.66. The summed E-state index contributed by atoms with van der Waals surface area (Å²) in [5, 5.41) is 4.45. The average Bonchev–Trinajstić information content (AvgIpc) is 3.37. The van der Waals surface area contributed by atoms with E-state index in [-0.39, 0.29) is 16.9 Å². The molecule has 0 atom stereocenters. The summed E-state index contributed by atoms with van der Waals surface area (Å²) in [6.45, 7) is 8.96. The maximum atomic E-state index is 13.2. The molecule has 1 aliphatic rings. The molecule has 0 bridgehead atoms. The summed E-state index contributed by atoms with van der Waals surface area (Å²) in [6, 6.07) is 15.7. The number of anilines is 1. The molecule has 0 aliphatic carbocycles. The molecule has 156 valence electrons. The van der Waals surface area contributed by atoms with Gasteiger partial charge in [-0.2, -0.15) is 9.50 Å². The number of aromatic nitrogens is 3. The molecule has 31 heavy (non-hydrogen) atoms. The molecule has 4 aromatic rings. The minimum atomic E-state index is -0.304. The van der Waals surface area contributed by atoms with E-state index in [1.807, 2.05) is 43.3 Å². The summed E-state index contributed by atoms with van der Waals surface area (Å²) in [5.41, 5.74) is 3.90. The molecule has 0 fully saturated rings. The number of nitrogens with zero attached hydrogens (tertiary/aromatic N) is 4. The fraction of sp³-hybridized carbons (Fsp3) is 0.250. The van der Waals surface area contributed by atoms with E-state index >= 15 is 0 Å². The van der Waals surface area contributed by atoms with Crippen LogP contribution >= 0.6 is 11.3 Å². The predicted octanol–water partition coefficient (Wildman–Crippen LogP) is 3.40. The molecular weight excluding hydrogens is 408 g/mol. The SMILES string of the molecule is CCN1C(=O)/C(=c2\sc3nc(-c4ccc(C(C)(C)C)cc4)nn3c2=O)c2ccccc21. The highest BCUT2D eigenvalue weighted by atomic mass is 32.1. The second-order valence-corrected chi connectivity index (χ2v) is 9.61. The molecule has 0 unspecified atom stereocenters. The summed E-state index contributed by atoms with van der Waals surface area (Å²) in [6.07, 6.45) is 0. The van der Waals surface area contributed by atoms with Crippen LogP contribution in [0.1, 0.15) is 38.8 Å². The van der Waals surface area contributed by atoms with Crippen molar-refractivity contribution < 1.29 is 4.79 Å². The van der Waals surface area contributed by atoms with Gasteiger partial charge in [-0.1, -0.05) is 74.6 Å². The minimum Gasteiger partial charge on any atom is -0.308 e. The zero-order valence-corrected chi connectivity index (χ0v) is 18.7. The standard InChI is InChI=1S/C24H22N4O2S/c1-5-27-17-9-7-6-8-16(17)18(21(27)29)19-22(30)28-23(31-19)25-20(26-28)14-10-12-15(13-11-14)24(2,3)4/h6-13H,5H2,1-4H3/b19-18-. The molecule has 0 radical (unpaired) electrons. The first kappa shape index (κ1) is 19.6. The Morgan fingerprint density at radius 1 is 1.00 bits per heavy atom. The second-order valence-electron chi connectivity index (χ2n) is 8.64. The Morgan fingerprint density at radius 3 is 2.35 bits per heavy atom. The average molecular weight is 431 g/mol. The monoisotopic (exact) mass is 430 g/mol. The van der Waals surface area contributed by atoms with Crippen molar-refractivity contribution in [1.82, 2.24) is 14.6 Å². The highest BCUT2D eigenvalue weighted by molar-refractivity contribution is 7.15. The number of carbonyl (C=O) groups excluding carboxylic acids is 1. The van der Waals surface area contributed by atoms with E-state index in [0.29, 0.717) is 27.4 Å². The molecule has 5 rings (SSSR count). The van der Waals surface area contributed by atoms with E-state index in [4.69, 9.17) is 0 Å². The molecular formula is C24H22N4O2S. The lowest BCUT2D eigenvalue weighted by molar-refractivity contribution is -0.113. The van der Waals surface area contributed by atoms with Crippen LogP contribution in [0.5, 0.6) is 0 Å². The molecule has 2 aromatic carbocycles. The lowest BCUT2D eigenvalue weighted by atomic mass is 9.87. The van der Waals surface area contributed by atoms with E-state index < -0.39 is 0 Å². The van der Waals surface area contributed by atoms with Crippen LogP contribution in [0.4, 0.5) is 5.69 Å². The van der Waals surface area contributed by atoms with Crippen molar-refractivity contribution >= 4 is 33.5 Å². The van der Waals surface area contributed by atoms with Gasteiger partial charge in [0.15, 0.2) is 5.82 Å². The van der Waals surface area contributed by atoms with Crippen molar-refractivity contribution in [3.63, 3.8) is 0 Å². The first-order valence-corrected chi connectivity index (χ1v) is 11.1. The van der Waals surface area contributed by atoms with E-state index in [0.717, 1.165) is 16.8 Å². The van der Waals surface area contributed by atoms with E-state index in [2.05, 4.69) is 43.0 Å². The van der Waals surface area contributed by atoms with E-state index in [9.17, 15) is 9.59 Å². The smallest absolute Gasteiger partial charge is 0.291 e. The maximum absolute atomic E-state index is 13.2. The molecule has 1 aliphatic heterocycles. The van der Waals surface area contributed by atoms with Crippen molar-refractivity contribution in [2.24, 2.45) is 0 Å². The van der Waals surface area contributed by atoms with Gasteiger partial charge in [-0.25, -0.2) is 0 Å². The largest absolute Gasteiger partial charge is 0.308 e. The van der Waals surface area contributed by atoms with Gasteiger partial charge in [0.1, 0.15) is 4.53 Å². The summed E-state index contributed by atoms with van der Waals surface area (Å²) in [7, 11) is 0. The maximum Gasteiger partial charge on any atom is 0.291 e. The topological polar surface area (TPSA) is 67.6 Å². The Balaban J connectivity index is 1.65. The van der Waals surface area contributed by atoms with Gasteiger partial charge in [-0.3, -0.25) is 9.59 Å². The van der Waals surface area contributed by atoms with Crippen LogP contribution in [0.15, 0.2) is 53.3 Å². The Morgan fingerprint density at radius 2 is 1.71 bits per heavy atom. The summed E-state index contributed by atoms with van der Waals surface area (Å²) in [5.74, 6) is 0.358. The van der Waals surface area contributed by atoms with Crippen LogP contribution in [0.3, 0.4) is 0 Å². The predicted molar refractivity (Wildman–Crippen MR) is 123 cm³/mol.